The van der Waals surface area contributed by atoms with Gasteiger partial charge in [-0.3, -0.25) is 25.0 Å². The highest BCUT2D eigenvalue weighted by molar-refractivity contribution is 6.39. The van der Waals surface area contributed by atoms with E-state index in [9.17, 15) is 37.7 Å². The summed E-state index contributed by atoms with van der Waals surface area (Å²) in [7, 11) is 0. The fourth-order valence-corrected chi connectivity index (χ4v) is 3.78. The number of nitrogens with one attached hydrogen (secondary N) is 1. The van der Waals surface area contributed by atoms with Crippen molar-refractivity contribution in [2.24, 2.45) is 0 Å². The summed E-state index contributed by atoms with van der Waals surface area (Å²) in [5.41, 5.74) is -2.10. The van der Waals surface area contributed by atoms with Crippen LogP contribution in [0.3, 0.4) is 0 Å². The second-order valence-electron chi connectivity index (χ2n) is 8.11. The molecule has 0 aromatic heterocycles. The smallest absolute Gasteiger partial charge is 0.416 e. The zero-order chi connectivity index (χ0) is 29.2. The van der Waals surface area contributed by atoms with Crippen LogP contribution in [0.15, 0.2) is 66.2 Å². The van der Waals surface area contributed by atoms with Crippen LogP contribution in [0.25, 0.3) is 6.08 Å². The summed E-state index contributed by atoms with van der Waals surface area (Å²) < 4.78 is 50.2. The summed E-state index contributed by atoms with van der Waals surface area (Å²) in [6, 6.07) is 10.7. The maximum absolute atomic E-state index is 13.1. The second-order valence-corrected chi connectivity index (χ2v) is 8.55. The van der Waals surface area contributed by atoms with Gasteiger partial charge in [0, 0.05) is 11.1 Å². The molecule has 3 aromatic rings. The summed E-state index contributed by atoms with van der Waals surface area (Å²) in [6.45, 7) is 1.73. The molecule has 1 aliphatic rings. The molecule has 1 saturated heterocycles. The molecule has 0 spiro atoms. The number of hydrogen-bond acceptors (Lipinski definition) is 7. The van der Waals surface area contributed by atoms with Crippen LogP contribution in [-0.4, -0.2) is 29.4 Å². The molecule has 3 aromatic carbocycles. The number of nitrogens with zero attached hydrogens (tertiary/aromatic N) is 2. The summed E-state index contributed by atoms with van der Waals surface area (Å²) in [5, 5.41) is 13.9. The van der Waals surface area contributed by atoms with Crippen LogP contribution >= 0.6 is 11.6 Å². The molecule has 1 fully saturated rings. The molecule has 0 aliphatic carbocycles. The number of rotatable bonds is 7. The van der Waals surface area contributed by atoms with Gasteiger partial charge in [-0.1, -0.05) is 17.7 Å². The monoisotopic (exact) mass is 575 g/mol. The van der Waals surface area contributed by atoms with Crippen molar-refractivity contribution in [3.8, 4) is 17.2 Å². The average Bonchev–Trinajstić information content (AvgIpc) is 2.88. The number of carbonyl (C=O) groups is 3. The molecule has 4 amide bonds. The van der Waals surface area contributed by atoms with Crippen LogP contribution in [0.2, 0.25) is 5.02 Å². The third kappa shape index (κ3) is 5.89. The molecule has 0 saturated carbocycles. The van der Waals surface area contributed by atoms with Crippen LogP contribution in [0.4, 0.5) is 29.3 Å². The Morgan fingerprint density at radius 2 is 1.68 bits per heavy atom. The number of benzene rings is 3. The Hall–Kier alpha value is -4.91. The van der Waals surface area contributed by atoms with Crippen molar-refractivity contribution in [2.75, 3.05) is 11.5 Å². The van der Waals surface area contributed by atoms with Gasteiger partial charge < -0.3 is 9.47 Å². The van der Waals surface area contributed by atoms with Gasteiger partial charge in [-0.05, 0) is 67.1 Å². The molecule has 10 nitrogen and oxygen atoms in total. The lowest BCUT2D eigenvalue weighted by atomic mass is 10.1. The van der Waals surface area contributed by atoms with Crippen LogP contribution < -0.4 is 19.7 Å². The highest BCUT2D eigenvalue weighted by Crippen LogP contribution is 2.40. The summed E-state index contributed by atoms with van der Waals surface area (Å²) in [6.07, 6.45) is -3.61. The van der Waals surface area contributed by atoms with Crippen molar-refractivity contribution in [1.29, 1.82) is 0 Å². The molecule has 0 radical (unpaired) electrons. The topological polar surface area (TPSA) is 128 Å². The standard InChI is InChI=1S/C26H17ClF3N3O7/c1-2-39-22-12-14(3-9-21(22)40-20-10-4-15(26(28,29)30)13-19(20)33(37)38)11-18-23(34)31-25(36)32(24(18)35)17-7-5-16(27)6-8-17/h3-13H,2H2,1H3,(H,31,34,36)/b18-11+. The largest absolute Gasteiger partial charge is 0.490 e. The molecule has 0 atom stereocenters. The number of ether oxygens (including phenoxy) is 2. The van der Waals surface area contributed by atoms with E-state index in [0.29, 0.717) is 17.2 Å². The zero-order valence-corrected chi connectivity index (χ0v) is 21.1. The predicted octanol–water partition coefficient (Wildman–Crippen LogP) is 6.12. The summed E-state index contributed by atoms with van der Waals surface area (Å²) in [4.78, 5) is 49.1. The number of alkyl halides is 3. The number of carbonyl (C=O) groups excluding carboxylic acids is 3. The van der Waals surface area contributed by atoms with E-state index in [1.807, 2.05) is 0 Å². The number of nitro benzene ring substituents is 1. The molecule has 14 heteroatoms. The lowest BCUT2D eigenvalue weighted by Crippen LogP contribution is -2.54. The minimum Gasteiger partial charge on any atom is -0.490 e. The van der Waals surface area contributed by atoms with Crippen molar-refractivity contribution in [3.63, 3.8) is 0 Å². The van der Waals surface area contributed by atoms with E-state index in [-0.39, 0.29) is 34.9 Å². The number of nitro groups is 1. The number of hydrogen-bond donors (Lipinski definition) is 1. The maximum atomic E-state index is 13.1. The number of halogens is 4. The molecule has 206 valence electrons. The minimum atomic E-state index is -4.80. The van der Waals surface area contributed by atoms with E-state index < -0.39 is 45.9 Å². The van der Waals surface area contributed by atoms with Crippen LogP contribution in [0, 0.1) is 10.1 Å². The number of urea groups is 1. The highest BCUT2D eigenvalue weighted by Gasteiger charge is 2.37. The Morgan fingerprint density at radius 3 is 2.30 bits per heavy atom. The number of imide groups is 2. The van der Waals surface area contributed by atoms with E-state index in [2.05, 4.69) is 5.32 Å². The average molecular weight is 576 g/mol. The van der Waals surface area contributed by atoms with Crippen LogP contribution in [-0.2, 0) is 15.8 Å². The second kappa shape index (κ2) is 11.1. The fourth-order valence-electron chi connectivity index (χ4n) is 3.66. The molecular weight excluding hydrogens is 559 g/mol. The first kappa shape index (κ1) is 28.1. The Balaban J connectivity index is 1.69. The van der Waals surface area contributed by atoms with E-state index in [0.717, 1.165) is 11.0 Å². The van der Waals surface area contributed by atoms with Crippen LogP contribution in [0.5, 0.6) is 17.2 Å². The van der Waals surface area contributed by atoms with Gasteiger partial charge in [-0.25, -0.2) is 9.69 Å². The number of amides is 4. The van der Waals surface area contributed by atoms with Gasteiger partial charge in [0.2, 0.25) is 5.75 Å². The van der Waals surface area contributed by atoms with Gasteiger partial charge in [0.1, 0.15) is 5.57 Å². The summed E-state index contributed by atoms with van der Waals surface area (Å²) >= 11 is 5.87. The van der Waals surface area contributed by atoms with Crippen molar-refractivity contribution in [2.45, 2.75) is 13.1 Å². The van der Waals surface area contributed by atoms with Gasteiger partial charge in [0.15, 0.2) is 11.5 Å². The third-order valence-electron chi connectivity index (χ3n) is 5.47. The first-order valence-electron chi connectivity index (χ1n) is 11.4. The highest BCUT2D eigenvalue weighted by atomic mass is 35.5. The normalized spacial score (nSPS) is 14.8. The van der Waals surface area contributed by atoms with Gasteiger partial charge in [-0.15, -0.1) is 0 Å². The first-order valence-corrected chi connectivity index (χ1v) is 11.7. The van der Waals surface area contributed by atoms with Crippen molar-refractivity contribution in [3.05, 3.63) is 92.5 Å². The van der Waals surface area contributed by atoms with Crippen molar-refractivity contribution in [1.82, 2.24) is 5.32 Å². The molecule has 0 bridgehead atoms. The minimum absolute atomic E-state index is 0.0142. The predicted molar refractivity (Wildman–Crippen MR) is 136 cm³/mol. The lowest BCUT2D eigenvalue weighted by molar-refractivity contribution is -0.385. The van der Waals surface area contributed by atoms with Gasteiger partial charge in [0.05, 0.1) is 22.8 Å². The van der Waals surface area contributed by atoms with Gasteiger partial charge in [-0.2, -0.15) is 13.2 Å². The fraction of sp³-hybridized carbons (Fsp3) is 0.115. The number of barbiturate groups is 1. The molecule has 1 aliphatic heterocycles. The van der Waals surface area contributed by atoms with Crippen molar-refractivity contribution < 1.29 is 42.0 Å². The Labute approximate surface area is 228 Å². The van der Waals surface area contributed by atoms with E-state index in [1.54, 1.807) is 6.92 Å². The van der Waals surface area contributed by atoms with E-state index >= 15 is 0 Å². The SMILES string of the molecule is CCOc1cc(/C=C2\C(=O)NC(=O)N(c3ccc(Cl)cc3)C2=O)ccc1Oc1ccc(C(F)(F)F)cc1[N+](=O)[O-]. The van der Waals surface area contributed by atoms with Gasteiger partial charge >= 0.3 is 17.9 Å². The van der Waals surface area contributed by atoms with E-state index in [4.69, 9.17) is 21.1 Å². The zero-order valence-electron chi connectivity index (χ0n) is 20.3. The molecule has 0 unspecified atom stereocenters. The first-order chi connectivity index (χ1) is 18.9. The Morgan fingerprint density at radius 1 is 1.00 bits per heavy atom. The Kier molecular flexibility index (Phi) is 7.77. The lowest BCUT2D eigenvalue weighted by Gasteiger charge is -2.26. The molecule has 1 N–H and O–H groups in total. The third-order valence-corrected chi connectivity index (χ3v) is 5.72. The number of anilines is 1. The molecule has 1 heterocycles. The van der Waals surface area contributed by atoms with Gasteiger partial charge in [0.25, 0.3) is 11.8 Å². The maximum Gasteiger partial charge on any atom is 0.416 e. The molecule has 4 rings (SSSR count). The summed E-state index contributed by atoms with van der Waals surface area (Å²) in [5.74, 6) is -2.39. The Bertz CT molecular complexity index is 1560. The van der Waals surface area contributed by atoms with E-state index in [1.165, 1.54) is 48.5 Å². The van der Waals surface area contributed by atoms with Crippen LogP contribution in [0.1, 0.15) is 18.1 Å². The molecular formula is C26H17ClF3N3O7. The molecule has 40 heavy (non-hydrogen) atoms. The van der Waals surface area contributed by atoms with Crippen molar-refractivity contribution >= 4 is 46.9 Å². The quantitative estimate of drug-likeness (QED) is 0.155.